The highest BCUT2D eigenvalue weighted by Gasteiger charge is 2.09. The molecule has 0 aliphatic heterocycles. The second-order valence-corrected chi connectivity index (χ2v) is 4.69. The number of nitrogens with one attached hydrogen (secondary N) is 1. The summed E-state index contributed by atoms with van der Waals surface area (Å²) < 4.78 is 4.58. The van der Waals surface area contributed by atoms with Crippen LogP contribution in [0.15, 0.2) is 6.20 Å². The van der Waals surface area contributed by atoms with E-state index in [0.29, 0.717) is 10.9 Å². The fourth-order valence-corrected chi connectivity index (χ4v) is 1.81. The van der Waals surface area contributed by atoms with Crippen molar-refractivity contribution in [2.75, 3.05) is 7.11 Å². The molecule has 1 atom stereocenters. The normalized spacial score (nSPS) is 12.5. The lowest BCUT2D eigenvalue weighted by molar-refractivity contribution is 0.0594. The SMILES string of the molecule is CCC(C)SCc1ncc(C(=O)OC)[nH]1. The number of hydrogen-bond acceptors (Lipinski definition) is 4. The van der Waals surface area contributed by atoms with E-state index < -0.39 is 0 Å². The van der Waals surface area contributed by atoms with Crippen molar-refractivity contribution in [1.29, 1.82) is 0 Å². The lowest BCUT2D eigenvalue weighted by Gasteiger charge is -2.05. The standard InChI is InChI=1S/C10H16N2O2S/c1-4-7(2)15-6-9-11-5-8(12-9)10(13)14-3/h5,7H,4,6H2,1-3H3,(H,11,12). The van der Waals surface area contributed by atoms with E-state index in [0.717, 1.165) is 18.0 Å². The third kappa shape index (κ3) is 3.58. The van der Waals surface area contributed by atoms with Crippen LogP contribution >= 0.6 is 11.8 Å². The Bertz CT molecular complexity index is 325. The van der Waals surface area contributed by atoms with E-state index in [1.807, 2.05) is 11.8 Å². The lowest BCUT2D eigenvalue weighted by atomic mass is 10.4. The van der Waals surface area contributed by atoms with E-state index >= 15 is 0 Å². The Hall–Kier alpha value is -0.970. The first-order chi connectivity index (χ1) is 7.17. The Balaban J connectivity index is 2.49. The summed E-state index contributed by atoms with van der Waals surface area (Å²) in [5.41, 5.74) is 0.414. The van der Waals surface area contributed by atoms with Crippen LogP contribution in [0.3, 0.4) is 0 Å². The predicted molar refractivity (Wildman–Crippen MR) is 61.0 cm³/mol. The molecule has 0 bridgehead atoms. The van der Waals surface area contributed by atoms with Crippen LogP contribution in [0.25, 0.3) is 0 Å². The highest BCUT2D eigenvalue weighted by molar-refractivity contribution is 7.99. The molecule has 1 aromatic heterocycles. The number of aromatic nitrogens is 2. The molecule has 0 amide bonds. The van der Waals surface area contributed by atoms with Crippen molar-refractivity contribution in [3.63, 3.8) is 0 Å². The van der Waals surface area contributed by atoms with Crippen molar-refractivity contribution in [1.82, 2.24) is 9.97 Å². The summed E-state index contributed by atoms with van der Waals surface area (Å²) in [5, 5.41) is 0.608. The number of esters is 1. The van der Waals surface area contributed by atoms with Gasteiger partial charge in [-0.05, 0) is 6.42 Å². The van der Waals surface area contributed by atoms with Gasteiger partial charge in [0.1, 0.15) is 11.5 Å². The van der Waals surface area contributed by atoms with Gasteiger partial charge in [-0.15, -0.1) is 0 Å². The van der Waals surface area contributed by atoms with Gasteiger partial charge >= 0.3 is 5.97 Å². The zero-order chi connectivity index (χ0) is 11.3. The maximum atomic E-state index is 11.1. The van der Waals surface area contributed by atoms with Crippen molar-refractivity contribution in [3.8, 4) is 0 Å². The Morgan fingerprint density at radius 1 is 1.73 bits per heavy atom. The average Bonchev–Trinajstić information content (AvgIpc) is 2.73. The summed E-state index contributed by atoms with van der Waals surface area (Å²) in [7, 11) is 1.36. The Morgan fingerprint density at radius 3 is 3.07 bits per heavy atom. The Kier molecular flexibility index (Phi) is 4.68. The highest BCUT2D eigenvalue weighted by Crippen LogP contribution is 2.17. The Labute approximate surface area is 93.8 Å². The molecule has 0 saturated carbocycles. The van der Waals surface area contributed by atoms with Crippen molar-refractivity contribution in [3.05, 3.63) is 17.7 Å². The largest absolute Gasteiger partial charge is 0.464 e. The molecule has 1 unspecified atom stereocenters. The first-order valence-electron chi connectivity index (χ1n) is 4.91. The molecule has 84 valence electrons. The van der Waals surface area contributed by atoms with Gasteiger partial charge in [0.05, 0.1) is 19.1 Å². The molecule has 0 aromatic carbocycles. The van der Waals surface area contributed by atoms with Crippen LogP contribution < -0.4 is 0 Å². The van der Waals surface area contributed by atoms with Gasteiger partial charge in [0.2, 0.25) is 0 Å². The van der Waals surface area contributed by atoms with Crippen LogP contribution in [0.5, 0.6) is 0 Å². The van der Waals surface area contributed by atoms with Crippen LogP contribution in [-0.4, -0.2) is 28.3 Å². The van der Waals surface area contributed by atoms with Crippen LogP contribution in [0.2, 0.25) is 0 Å². The number of rotatable bonds is 5. The monoisotopic (exact) mass is 228 g/mol. The smallest absolute Gasteiger partial charge is 0.356 e. The second kappa shape index (κ2) is 5.80. The van der Waals surface area contributed by atoms with Crippen molar-refractivity contribution in [2.24, 2.45) is 0 Å². The van der Waals surface area contributed by atoms with Gasteiger partial charge in [-0.1, -0.05) is 13.8 Å². The van der Waals surface area contributed by atoms with Gasteiger partial charge < -0.3 is 9.72 Å². The van der Waals surface area contributed by atoms with Crippen molar-refractivity contribution >= 4 is 17.7 Å². The fraction of sp³-hybridized carbons (Fsp3) is 0.600. The maximum absolute atomic E-state index is 11.1. The van der Waals surface area contributed by atoms with Gasteiger partial charge in [-0.25, -0.2) is 9.78 Å². The number of imidazole rings is 1. The third-order valence-electron chi connectivity index (χ3n) is 2.11. The summed E-state index contributed by atoms with van der Waals surface area (Å²) in [4.78, 5) is 18.2. The number of ether oxygens (including phenoxy) is 1. The molecular weight excluding hydrogens is 212 g/mol. The van der Waals surface area contributed by atoms with Crippen molar-refractivity contribution in [2.45, 2.75) is 31.3 Å². The molecule has 1 N–H and O–H groups in total. The zero-order valence-corrected chi connectivity index (χ0v) is 10.1. The number of aromatic amines is 1. The van der Waals surface area contributed by atoms with Crippen LogP contribution in [0, 0.1) is 0 Å². The van der Waals surface area contributed by atoms with E-state index in [2.05, 4.69) is 28.6 Å². The first-order valence-corrected chi connectivity index (χ1v) is 5.96. The number of carbonyl (C=O) groups is 1. The molecule has 4 nitrogen and oxygen atoms in total. The average molecular weight is 228 g/mol. The highest BCUT2D eigenvalue weighted by atomic mass is 32.2. The molecule has 0 spiro atoms. The number of H-pyrrole nitrogens is 1. The minimum Gasteiger partial charge on any atom is -0.464 e. The van der Waals surface area contributed by atoms with Crippen molar-refractivity contribution < 1.29 is 9.53 Å². The quantitative estimate of drug-likeness (QED) is 0.785. The fourth-order valence-electron chi connectivity index (χ4n) is 0.989. The molecule has 1 heterocycles. The van der Waals surface area contributed by atoms with E-state index in [1.54, 1.807) is 0 Å². The first kappa shape index (κ1) is 12.1. The topological polar surface area (TPSA) is 55.0 Å². The third-order valence-corrected chi connectivity index (χ3v) is 3.46. The van der Waals surface area contributed by atoms with E-state index in [1.165, 1.54) is 13.3 Å². The predicted octanol–water partition coefficient (Wildman–Crippen LogP) is 2.23. The number of nitrogens with zero attached hydrogens (tertiary/aromatic N) is 1. The molecule has 1 aromatic rings. The molecule has 0 fully saturated rings. The van der Waals surface area contributed by atoms with Gasteiger partial charge in [0.25, 0.3) is 0 Å². The van der Waals surface area contributed by atoms with E-state index in [-0.39, 0.29) is 5.97 Å². The number of carbonyl (C=O) groups excluding carboxylic acids is 1. The summed E-state index contributed by atoms with van der Waals surface area (Å²) in [6.45, 7) is 4.33. The number of methoxy groups -OCH3 is 1. The number of thioether (sulfide) groups is 1. The van der Waals surface area contributed by atoms with Crippen LogP contribution in [0.4, 0.5) is 0 Å². The van der Waals surface area contributed by atoms with Crippen LogP contribution in [0.1, 0.15) is 36.6 Å². The van der Waals surface area contributed by atoms with Gasteiger partial charge in [-0.3, -0.25) is 0 Å². The molecule has 1 rings (SSSR count). The zero-order valence-electron chi connectivity index (χ0n) is 9.24. The Morgan fingerprint density at radius 2 is 2.47 bits per heavy atom. The summed E-state index contributed by atoms with van der Waals surface area (Å²) in [6, 6.07) is 0. The second-order valence-electron chi connectivity index (χ2n) is 3.27. The van der Waals surface area contributed by atoms with Gasteiger partial charge in [0, 0.05) is 5.25 Å². The summed E-state index contributed by atoms with van der Waals surface area (Å²) >= 11 is 1.82. The molecule has 0 saturated heterocycles. The van der Waals surface area contributed by atoms with Gasteiger partial charge in [-0.2, -0.15) is 11.8 Å². The summed E-state index contributed by atoms with van der Waals surface area (Å²) in [6.07, 6.45) is 2.65. The summed E-state index contributed by atoms with van der Waals surface area (Å²) in [5.74, 6) is 1.24. The van der Waals surface area contributed by atoms with E-state index in [9.17, 15) is 4.79 Å². The lowest BCUT2D eigenvalue weighted by Crippen LogP contribution is -2.01. The minimum absolute atomic E-state index is 0.373. The number of hydrogen-bond donors (Lipinski definition) is 1. The molecule has 0 aliphatic rings. The maximum Gasteiger partial charge on any atom is 0.356 e. The molecule has 0 radical (unpaired) electrons. The molecule has 0 aliphatic carbocycles. The van der Waals surface area contributed by atoms with Crippen LogP contribution in [-0.2, 0) is 10.5 Å². The molecule has 15 heavy (non-hydrogen) atoms. The van der Waals surface area contributed by atoms with Gasteiger partial charge in [0.15, 0.2) is 0 Å². The minimum atomic E-state index is -0.373. The molecular formula is C10H16N2O2S. The van der Waals surface area contributed by atoms with E-state index in [4.69, 9.17) is 0 Å². The molecule has 5 heteroatoms.